The van der Waals surface area contributed by atoms with Crippen molar-refractivity contribution in [3.63, 3.8) is 0 Å². The summed E-state index contributed by atoms with van der Waals surface area (Å²) in [5.74, 6) is 0.698. The predicted molar refractivity (Wildman–Crippen MR) is 66.7 cm³/mol. The molecule has 17 heavy (non-hydrogen) atoms. The van der Waals surface area contributed by atoms with Crippen LogP contribution in [0.4, 0.5) is 4.79 Å². The topological polar surface area (TPSA) is 55.6 Å². The number of hydrogen-bond donors (Lipinski definition) is 1. The standard InChI is InChI=1S/C13H24N2O2/c1-13(6-2-7-13)17-12(16)15-9-4-11(3-8-14)5-10-15/h11H,2-10,14H2,1H3. The molecule has 1 amide bonds. The van der Waals surface area contributed by atoms with Crippen molar-refractivity contribution in [3.8, 4) is 0 Å². The van der Waals surface area contributed by atoms with E-state index in [2.05, 4.69) is 0 Å². The monoisotopic (exact) mass is 240 g/mol. The summed E-state index contributed by atoms with van der Waals surface area (Å²) in [7, 11) is 0. The van der Waals surface area contributed by atoms with Crippen molar-refractivity contribution >= 4 is 6.09 Å². The Kier molecular flexibility index (Phi) is 3.92. The van der Waals surface area contributed by atoms with Crippen molar-refractivity contribution in [2.24, 2.45) is 11.7 Å². The van der Waals surface area contributed by atoms with Crippen molar-refractivity contribution in [1.29, 1.82) is 0 Å². The summed E-state index contributed by atoms with van der Waals surface area (Å²) in [6.07, 6.45) is 6.33. The number of nitrogens with zero attached hydrogens (tertiary/aromatic N) is 1. The van der Waals surface area contributed by atoms with Gasteiger partial charge in [-0.25, -0.2) is 4.79 Å². The van der Waals surface area contributed by atoms with Crippen molar-refractivity contribution in [2.75, 3.05) is 19.6 Å². The Hall–Kier alpha value is -0.770. The molecule has 1 aliphatic heterocycles. The van der Waals surface area contributed by atoms with Gasteiger partial charge in [0.15, 0.2) is 0 Å². The average Bonchev–Trinajstić information content (AvgIpc) is 2.28. The van der Waals surface area contributed by atoms with Crippen LogP contribution < -0.4 is 5.73 Å². The quantitative estimate of drug-likeness (QED) is 0.822. The zero-order valence-electron chi connectivity index (χ0n) is 10.8. The minimum atomic E-state index is -0.175. The molecule has 0 unspecified atom stereocenters. The second-order valence-electron chi connectivity index (χ2n) is 5.68. The number of carbonyl (C=O) groups is 1. The molecule has 0 bridgehead atoms. The van der Waals surface area contributed by atoms with E-state index in [0.717, 1.165) is 51.7 Å². The lowest BCUT2D eigenvalue weighted by Gasteiger charge is -2.40. The van der Waals surface area contributed by atoms with E-state index in [1.807, 2.05) is 11.8 Å². The molecule has 4 nitrogen and oxygen atoms in total. The number of hydrogen-bond acceptors (Lipinski definition) is 3. The molecule has 0 spiro atoms. The first kappa shape index (κ1) is 12.7. The largest absolute Gasteiger partial charge is 0.443 e. The van der Waals surface area contributed by atoms with Crippen LogP contribution in [-0.2, 0) is 4.74 Å². The van der Waals surface area contributed by atoms with Gasteiger partial charge < -0.3 is 15.4 Å². The summed E-state index contributed by atoms with van der Waals surface area (Å²) < 4.78 is 5.57. The summed E-state index contributed by atoms with van der Waals surface area (Å²) in [4.78, 5) is 13.8. The fraction of sp³-hybridized carbons (Fsp3) is 0.923. The molecule has 2 aliphatic rings. The molecule has 1 heterocycles. The normalized spacial score (nSPS) is 24.2. The van der Waals surface area contributed by atoms with Gasteiger partial charge >= 0.3 is 6.09 Å². The summed E-state index contributed by atoms with van der Waals surface area (Å²) in [6, 6.07) is 0. The van der Waals surface area contributed by atoms with Crippen LogP contribution in [0.1, 0.15) is 45.4 Å². The average molecular weight is 240 g/mol. The molecule has 4 heteroatoms. The molecule has 1 aliphatic carbocycles. The zero-order valence-corrected chi connectivity index (χ0v) is 10.8. The Balaban J connectivity index is 1.74. The van der Waals surface area contributed by atoms with Gasteiger partial charge in [-0.1, -0.05) is 0 Å². The van der Waals surface area contributed by atoms with Crippen molar-refractivity contribution < 1.29 is 9.53 Å². The number of carbonyl (C=O) groups excluding carboxylic acids is 1. The highest BCUT2D eigenvalue weighted by Crippen LogP contribution is 2.35. The van der Waals surface area contributed by atoms with E-state index in [0.29, 0.717) is 5.92 Å². The number of piperidine rings is 1. The summed E-state index contributed by atoms with van der Waals surface area (Å²) in [5.41, 5.74) is 5.38. The highest BCUT2D eigenvalue weighted by molar-refractivity contribution is 5.68. The maximum absolute atomic E-state index is 12.0. The molecule has 0 radical (unpaired) electrons. The van der Waals surface area contributed by atoms with Crippen molar-refractivity contribution in [2.45, 2.75) is 51.0 Å². The lowest BCUT2D eigenvalue weighted by atomic mass is 9.82. The van der Waals surface area contributed by atoms with Gasteiger partial charge in [-0.15, -0.1) is 0 Å². The highest BCUT2D eigenvalue weighted by Gasteiger charge is 2.37. The SMILES string of the molecule is CC1(OC(=O)N2CCC(CCN)CC2)CCC1. The third-order valence-corrected chi connectivity index (χ3v) is 4.19. The Morgan fingerprint density at radius 2 is 2.06 bits per heavy atom. The van der Waals surface area contributed by atoms with Gasteiger partial charge in [-0.05, 0) is 57.9 Å². The maximum atomic E-state index is 12.0. The van der Waals surface area contributed by atoms with E-state index < -0.39 is 0 Å². The fourth-order valence-electron chi connectivity index (χ4n) is 2.69. The van der Waals surface area contributed by atoms with E-state index in [1.165, 1.54) is 6.42 Å². The van der Waals surface area contributed by atoms with Crippen LogP contribution in [0.2, 0.25) is 0 Å². The molecule has 0 aromatic heterocycles. The second kappa shape index (κ2) is 5.25. The first-order valence-electron chi connectivity index (χ1n) is 6.81. The smallest absolute Gasteiger partial charge is 0.410 e. The van der Waals surface area contributed by atoms with Gasteiger partial charge in [0.2, 0.25) is 0 Å². The molecule has 98 valence electrons. The molecular formula is C13H24N2O2. The molecule has 1 saturated heterocycles. The van der Waals surface area contributed by atoms with Crippen molar-refractivity contribution in [1.82, 2.24) is 4.90 Å². The van der Waals surface area contributed by atoms with Gasteiger partial charge in [-0.3, -0.25) is 0 Å². The van der Waals surface area contributed by atoms with Crippen LogP contribution in [0, 0.1) is 5.92 Å². The van der Waals surface area contributed by atoms with Gasteiger partial charge in [0, 0.05) is 13.1 Å². The van der Waals surface area contributed by atoms with E-state index in [1.54, 1.807) is 0 Å². The molecule has 2 fully saturated rings. The number of nitrogens with two attached hydrogens (primary N) is 1. The Morgan fingerprint density at radius 3 is 2.53 bits per heavy atom. The third kappa shape index (κ3) is 3.12. The van der Waals surface area contributed by atoms with Gasteiger partial charge in [-0.2, -0.15) is 0 Å². The van der Waals surface area contributed by atoms with Gasteiger partial charge in [0.25, 0.3) is 0 Å². The minimum absolute atomic E-state index is 0.113. The third-order valence-electron chi connectivity index (χ3n) is 4.19. The molecule has 2 N–H and O–H groups in total. The zero-order chi connectivity index (χ0) is 12.3. The van der Waals surface area contributed by atoms with E-state index in [9.17, 15) is 4.79 Å². The van der Waals surface area contributed by atoms with Crippen LogP contribution in [-0.4, -0.2) is 36.2 Å². The lowest BCUT2D eigenvalue weighted by molar-refractivity contribution is -0.0505. The second-order valence-corrected chi connectivity index (χ2v) is 5.68. The first-order chi connectivity index (χ1) is 8.13. The van der Waals surface area contributed by atoms with E-state index >= 15 is 0 Å². The van der Waals surface area contributed by atoms with Gasteiger partial charge in [0.05, 0.1) is 0 Å². The van der Waals surface area contributed by atoms with Crippen LogP contribution in [0.5, 0.6) is 0 Å². The molecule has 1 saturated carbocycles. The predicted octanol–water partition coefficient (Wildman–Crippen LogP) is 2.13. The maximum Gasteiger partial charge on any atom is 0.410 e. The fourth-order valence-corrected chi connectivity index (χ4v) is 2.69. The van der Waals surface area contributed by atoms with Crippen LogP contribution >= 0.6 is 0 Å². The molecule has 0 atom stereocenters. The summed E-state index contributed by atoms with van der Waals surface area (Å²) in [6.45, 7) is 4.46. The molecule has 0 aromatic carbocycles. The highest BCUT2D eigenvalue weighted by atomic mass is 16.6. The lowest BCUT2D eigenvalue weighted by Crippen LogP contribution is -2.46. The van der Waals surface area contributed by atoms with Crippen LogP contribution in [0.15, 0.2) is 0 Å². The van der Waals surface area contributed by atoms with Gasteiger partial charge in [0.1, 0.15) is 5.60 Å². The molecular weight excluding hydrogens is 216 g/mol. The molecule has 2 rings (SSSR count). The number of amides is 1. The Morgan fingerprint density at radius 1 is 1.41 bits per heavy atom. The minimum Gasteiger partial charge on any atom is -0.443 e. The first-order valence-corrected chi connectivity index (χ1v) is 6.81. The van der Waals surface area contributed by atoms with Crippen LogP contribution in [0.3, 0.4) is 0 Å². The number of likely N-dealkylation sites (tertiary alicyclic amines) is 1. The number of rotatable bonds is 3. The number of ether oxygens (including phenoxy) is 1. The van der Waals surface area contributed by atoms with E-state index in [-0.39, 0.29) is 11.7 Å². The van der Waals surface area contributed by atoms with Crippen LogP contribution in [0.25, 0.3) is 0 Å². The summed E-state index contributed by atoms with van der Waals surface area (Å²) >= 11 is 0. The Labute approximate surface area is 103 Å². The molecule has 0 aromatic rings. The summed E-state index contributed by atoms with van der Waals surface area (Å²) in [5, 5.41) is 0. The Bertz CT molecular complexity index is 269. The van der Waals surface area contributed by atoms with E-state index in [4.69, 9.17) is 10.5 Å². The van der Waals surface area contributed by atoms with Crippen molar-refractivity contribution in [3.05, 3.63) is 0 Å².